The maximum Gasteiger partial charge on any atom is 0.188 e. The number of hydrogen-bond acceptors (Lipinski definition) is 4. The summed E-state index contributed by atoms with van der Waals surface area (Å²) >= 11 is 1.71. The van der Waals surface area contributed by atoms with Crippen molar-refractivity contribution in [2.24, 2.45) is 0 Å². The number of H-pyrrole nitrogens is 1. The minimum Gasteiger partial charge on any atom is -0.381 e. The average molecular weight is 295 g/mol. The molecule has 108 valence electrons. The van der Waals surface area contributed by atoms with Gasteiger partial charge in [0.05, 0.1) is 12.2 Å². The van der Waals surface area contributed by atoms with Crippen LogP contribution in [-0.2, 0) is 11.3 Å². The molecule has 2 aromatic rings. The summed E-state index contributed by atoms with van der Waals surface area (Å²) in [4.78, 5) is 2.43. The Morgan fingerprint density at radius 1 is 1.45 bits per heavy atom. The molecule has 4 nitrogen and oxygen atoms in total. The van der Waals surface area contributed by atoms with E-state index >= 15 is 0 Å². The maximum atomic E-state index is 14.3. The molecule has 3 rings (SSSR count). The van der Waals surface area contributed by atoms with Gasteiger partial charge in [0, 0.05) is 28.9 Å². The van der Waals surface area contributed by atoms with Crippen molar-refractivity contribution in [3.63, 3.8) is 0 Å². The van der Waals surface area contributed by atoms with Crippen molar-refractivity contribution in [2.45, 2.75) is 32.2 Å². The third-order valence-corrected chi connectivity index (χ3v) is 4.59. The van der Waals surface area contributed by atoms with E-state index in [0.717, 1.165) is 12.8 Å². The molecular formula is C14H18FN3OS. The van der Waals surface area contributed by atoms with Gasteiger partial charge >= 0.3 is 0 Å². The number of nitrogens with one attached hydrogen (secondary N) is 2. The van der Waals surface area contributed by atoms with Crippen molar-refractivity contribution >= 4 is 17.2 Å². The number of aromatic amines is 1. The van der Waals surface area contributed by atoms with Crippen molar-refractivity contribution in [1.82, 2.24) is 10.2 Å². The van der Waals surface area contributed by atoms with Crippen molar-refractivity contribution in [2.75, 3.05) is 18.5 Å². The lowest BCUT2D eigenvalue weighted by Crippen LogP contribution is -2.15. The molecule has 1 fully saturated rings. The number of ether oxygens (including phenoxy) is 1. The van der Waals surface area contributed by atoms with Gasteiger partial charge < -0.3 is 10.1 Å². The first-order valence-corrected chi connectivity index (χ1v) is 7.66. The summed E-state index contributed by atoms with van der Waals surface area (Å²) in [5.41, 5.74) is 0.609. The number of nitrogens with zero attached hydrogens (tertiary/aromatic N) is 1. The minimum absolute atomic E-state index is 0.191. The molecule has 0 aliphatic carbocycles. The molecule has 1 aliphatic rings. The van der Waals surface area contributed by atoms with Crippen molar-refractivity contribution < 1.29 is 9.13 Å². The van der Waals surface area contributed by atoms with Crippen LogP contribution in [-0.4, -0.2) is 23.4 Å². The quantitative estimate of drug-likeness (QED) is 0.908. The standard InChI is InChI=1S/C14H18FN3OS/c1-9-2-3-11(20-9)8-16-14-12(15)13(17-18-14)10-4-6-19-7-5-10/h2-3,10H,4-8H2,1H3,(H2,16,17,18). The van der Waals surface area contributed by atoms with E-state index < -0.39 is 0 Å². The zero-order valence-corrected chi connectivity index (χ0v) is 12.2. The van der Waals surface area contributed by atoms with Crippen LogP contribution in [0.3, 0.4) is 0 Å². The first kappa shape index (κ1) is 13.6. The highest BCUT2D eigenvalue weighted by atomic mass is 32.1. The molecule has 0 aromatic carbocycles. The van der Waals surface area contributed by atoms with Gasteiger partial charge in [0.25, 0.3) is 0 Å². The van der Waals surface area contributed by atoms with Crippen molar-refractivity contribution in [1.29, 1.82) is 0 Å². The molecule has 0 unspecified atom stereocenters. The highest BCUT2D eigenvalue weighted by molar-refractivity contribution is 7.11. The third kappa shape index (κ3) is 2.86. The van der Waals surface area contributed by atoms with Gasteiger partial charge in [-0.2, -0.15) is 5.10 Å². The molecule has 0 saturated carbocycles. The predicted octanol–water partition coefficient (Wildman–Crippen LogP) is 3.42. The second kappa shape index (κ2) is 5.93. The Hall–Kier alpha value is -1.40. The first-order valence-electron chi connectivity index (χ1n) is 6.84. The number of halogens is 1. The molecule has 20 heavy (non-hydrogen) atoms. The molecule has 2 aromatic heterocycles. The molecule has 0 bridgehead atoms. The summed E-state index contributed by atoms with van der Waals surface area (Å²) in [5, 5.41) is 9.97. The zero-order chi connectivity index (χ0) is 13.9. The molecule has 3 heterocycles. The van der Waals surface area contributed by atoms with E-state index in [1.165, 1.54) is 9.75 Å². The van der Waals surface area contributed by atoms with Gasteiger partial charge in [-0.25, -0.2) is 4.39 Å². The van der Waals surface area contributed by atoms with Crippen molar-refractivity contribution in [3.05, 3.63) is 33.4 Å². The summed E-state index contributed by atoms with van der Waals surface area (Å²) in [5.74, 6) is 0.263. The Morgan fingerprint density at radius 3 is 2.95 bits per heavy atom. The van der Waals surface area contributed by atoms with E-state index in [1.807, 2.05) is 0 Å². The van der Waals surface area contributed by atoms with E-state index in [1.54, 1.807) is 11.3 Å². The lowest BCUT2D eigenvalue weighted by Gasteiger charge is -2.20. The number of aromatic nitrogens is 2. The molecule has 1 aliphatic heterocycles. The van der Waals surface area contributed by atoms with Crippen LogP contribution >= 0.6 is 11.3 Å². The van der Waals surface area contributed by atoms with E-state index in [2.05, 4.69) is 34.6 Å². The summed E-state index contributed by atoms with van der Waals surface area (Å²) in [6.45, 7) is 4.06. The Labute approximate surface area is 121 Å². The molecule has 0 amide bonds. The van der Waals surface area contributed by atoms with Crippen LogP contribution in [0.2, 0.25) is 0 Å². The van der Waals surface area contributed by atoms with Crippen LogP contribution in [0.1, 0.15) is 34.2 Å². The van der Waals surface area contributed by atoms with Gasteiger partial charge in [0.15, 0.2) is 11.6 Å². The summed E-state index contributed by atoms with van der Waals surface area (Å²) < 4.78 is 19.6. The molecule has 0 atom stereocenters. The van der Waals surface area contributed by atoms with Crippen LogP contribution in [0.25, 0.3) is 0 Å². The van der Waals surface area contributed by atoms with Gasteiger partial charge in [-0.05, 0) is 31.9 Å². The van der Waals surface area contributed by atoms with Crippen molar-refractivity contribution in [3.8, 4) is 0 Å². The van der Waals surface area contributed by atoms with E-state index in [-0.39, 0.29) is 11.7 Å². The molecule has 2 N–H and O–H groups in total. The second-order valence-electron chi connectivity index (χ2n) is 5.05. The van der Waals surface area contributed by atoms with Gasteiger partial charge in [-0.15, -0.1) is 11.3 Å². The van der Waals surface area contributed by atoms with Gasteiger partial charge in [-0.3, -0.25) is 5.10 Å². The lowest BCUT2D eigenvalue weighted by atomic mass is 9.96. The fourth-order valence-corrected chi connectivity index (χ4v) is 3.30. The zero-order valence-electron chi connectivity index (χ0n) is 11.4. The lowest BCUT2D eigenvalue weighted by molar-refractivity contribution is 0.0838. The SMILES string of the molecule is Cc1ccc(CNc2n[nH]c(C3CCOCC3)c2F)s1. The largest absolute Gasteiger partial charge is 0.381 e. The van der Waals surface area contributed by atoms with E-state index in [9.17, 15) is 4.39 Å². The first-order chi connectivity index (χ1) is 9.74. The fraction of sp³-hybridized carbons (Fsp3) is 0.500. The monoisotopic (exact) mass is 295 g/mol. The number of hydrogen-bond donors (Lipinski definition) is 2. The van der Waals surface area contributed by atoms with Crippen LogP contribution in [0, 0.1) is 12.7 Å². The number of rotatable bonds is 4. The van der Waals surface area contributed by atoms with Crippen LogP contribution in [0.15, 0.2) is 12.1 Å². The van der Waals surface area contributed by atoms with Gasteiger partial charge in [0.1, 0.15) is 0 Å². The predicted molar refractivity (Wildman–Crippen MR) is 77.7 cm³/mol. The van der Waals surface area contributed by atoms with Gasteiger partial charge in [-0.1, -0.05) is 0 Å². The van der Waals surface area contributed by atoms with Crippen LogP contribution < -0.4 is 5.32 Å². The normalized spacial score (nSPS) is 16.5. The smallest absolute Gasteiger partial charge is 0.188 e. The Kier molecular flexibility index (Phi) is 4.03. The molecule has 0 radical (unpaired) electrons. The molecular weight excluding hydrogens is 277 g/mol. The minimum atomic E-state index is -0.245. The Morgan fingerprint density at radius 2 is 2.25 bits per heavy atom. The van der Waals surface area contributed by atoms with Crippen LogP contribution in [0.4, 0.5) is 10.2 Å². The average Bonchev–Trinajstić information content (AvgIpc) is 3.04. The highest BCUT2D eigenvalue weighted by Crippen LogP contribution is 2.30. The summed E-state index contributed by atoms with van der Waals surface area (Å²) in [6.07, 6.45) is 1.70. The Bertz CT molecular complexity index is 575. The van der Waals surface area contributed by atoms with Crippen LogP contribution in [0.5, 0.6) is 0 Å². The number of thiophene rings is 1. The topological polar surface area (TPSA) is 49.9 Å². The second-order valence-corrected chi connectivity index (χ2v) is 6.42. The summed E-state index contributed by atoms with van der Waals surface area (Å²) in [6, 6.07) is 4.12. The molecule has 6 heteroatoms. The highest BCUT2D eigenvalue weighted by Gasteiger charge is 2.23. The van der Waals surface area contributed by atoms with E-state index in [0.29, 0.717) is 31.3 Å². The molecule has 1 saturated heterocycles. The molecule has 0 spiro atoms. The number of aryl methyl sites for hydroxylation is 1. The third-order valence-electron chi connectivity index (χ3n) is 3.59. The van der Waals surface area contributed by atoms with Gasteiger partial charge in [0.2, 0.25) is 0 Å². The van der Waals surface area contributed by atoms with E-state index in [4.69, 9.17) is 4.74 Å². The Balaban J connectivity index is 1.66. The summed E-state index contributed by atoms with van der Waals surface area (Å²) in [7, 11) is 0. The maximum absolute atomic E-state index is 14.3. The number of anilines is 1. The fourth-order valence-electron chi connectivity index (χ4n) is 2.47.